The van der Waals surface area contributed by atoms with Gasteiger partial charge in [-0.2, -0.15) is 0 Å². The van der Waals surface area contributed by atoms with E-state index in [0.717, 1.165) is 12.8 Å². The first-order valence-corrected chi connectivity index (χ1v) is 8.00. The molecule has 2 bridgehead atoms. The molecule has 0 heterocycles. The summed E-state index contributed by atoms with van der Waals surface area (Å²) >= 11 is 0. The van der Waals surface area contributed by atoms with E-state index >= 15 is 0 Å². The fourth-order valence-electron chi connectivity index (χ4n) is 4.12. The van der Waals surface area contributed by atoms with Crippen LogP contribution in [0.1, 0.15) is 51.9 Å². The number of allylic oxidation sites excluding steroid dienone is 2. The Kier molecular flexibility index (Phi) is 3.70. The highest BCUT2D eigenvalue weighted by Gasteiger charge is 2.50. The summed E-state index contributed by atoms with van der Waals surface area (Å²) in [4.78, 5) is 24.1. The molecule has 0 aromatic carbocycles. The van der Waals surface area contributed by atoms with Crippen LogP contribution in [0.2, 0.25) is 0 Å². The third-order valence-electron chi connectivity index (χ3n) is 5.55. The first kappa shape index (κ1) is 13.8. The van der Waals surface area contributed by atoms with Crippen molar-refractivity contribution in [2.75, 3.05) is 6.61 Å². The lowest BCUT2D eigenvalue weighted by atomic mass is 9.83. The lowest BCUT2D eigenvalue weighted by molar-refractivity contribution is -0.149. The molecule has 0 spiro atoms. The van der Waals surface area contributed by atoms with Gasteiger partial charge in [-0.25, -0.2) is 0 Å². The van der Waals surface area contributed by atoms with Crippen molar-refractivity contribution in [1.29, 1.82) is 0 Å². The van der Waals surface area contributed by atoms with Crippen LogP contribution in [0, 0.1) is 23.2 Å². The summed E-state index contributed by atoms with van der Waals surface area (Å²) in [6.07, 6.45) is 11.1. The standard InChI is InChI=1S/C17H24O3/c1-12(13-4-2-3-5-13)11-20-15(18)10-17-8-6-14(7-9-17)16(17)19/h6,8,12-14H,2-5,7,9-11H2,1H3. The summed E-state index contributed by atoms with van der Waals surface area (Å²) in [6.45, 7) is 2.69. The Morgan fingerprint density at radius 3 is 2.70 bits per heavy atom. The molecule has 0 radical (unpaired) electrons. The van der Waals surface area contributed by atoms with Gasteiger partial charge in [0, 0.05) is 5.92 Å². The molecule has 3 rings (SSSR count). The summed E-state index contributed by atoms with van der Waals surface area (Å²) in [7, 11) is 0. The van der Waals surface area contributed by atoms with E-state index in [9.17, 15) is 9.59 Å². The van der Waals surface area contributed by atoms with Crippen LogP contribution in [0.3, 0.4) is 0 Å². The molecule has 3 aliphatic carbocycles. The SMILES string of the molecule is CC(COC(=O)CC12C=CC(CC1)C2=O)C1CCCC1. The lowest BCUT2D eigenvalue weighted by Gasteiger charge is -2.22. The number of ketones is 1. The highest BCUT2D eigenvalue weighted by molar-refractivity contribution is 5.97. The lowest BCUT2D eigenvalue weighted by Crippen LogP contribution is -2.28. The number of hydrogen-bond donors (Lipinski definition) is 0. The highest BCUT2D eigenvalue weighted by atomic mass is 16.5. The number of fused-ring (bicyclic) bond motifs is 2. The number of esters is 1. The van der Waals surface area contributed by atoms with Crippen LogP contribution in [-0.4, -0.2) is 18.4 Å². The molecule has 2 saturated carbocycles. The molecule has 110 valence electrons. The van der Waals surface area contributed by atoms with Crippen molar-refractivity contribution < 1.29 is 14.3 Å². The molecule has 3 heteroatoms. The second-order valence-electron chi connectivity index (χ2n) is 6.91. The van der Waals surface area contributed by atoms with Gasteiger partial charge in [0.2, 0.25) is 0 Å². The molecule has 3 aliphatic rings. The Balaban J connectivity index is 1.48. The van der Waals surface area contributed by atoms with Gasteiger partial charge in [-0.15, -0.1) is 0 Å². The zero-order chi connectivity index (χ0) is 14.2. The van der Waals surface area contributed by atoms with Crippen molar-refractivity contribution in [2.24, 2.45) is 23.2 Å². The van der Waals surface area contributed by atoms with Crippen LogP contribution in [0.15, 0.2) is 12.2 Å². The monoisotopic (exact) mass is 276 g/mol. The number of carbonyl (C=O) groups excluding carboxylic acids is 2. The van der Waals surface area contributed by atoms with Gasteiger partial charge in [0.15, 0.2) is 0 Å². The van der Waals surface area contributed by atoms with Gasteiger partial charge < -0.3 is 4.74 Å². The molecule has 0 amide bonds. The maximum Gasteiger partial charge on any atom is 0.307 e. The third-order valence-corrected chi connectivity index (χ3v) is 5.55. The Bertz CT molecular complexity index is 434. The molecular weight excluding hydrogens is 252 g/mol. The van der Waals surface area contributed by atoms with Crippen LogP contribution in [0.25, 0.3) is 0 Å². The van der Waals surface area contributed by atoms with Crippen molar-refractivity contribution >= 4 is 11.8 Å². The van der Waals surface area contributed by atoms with E-state index in [1.807, 2.05) is 12.2 Å². The number of rotatable bonds is 5. The average Bonchev–Trinajstić information content (AvgIpc) is 3.13. The summed E-state index contributed by atoms with van der Waals surface area (Å²) in [5, 5.41) is 0. The number of carbonyl (C=O) groups is 2. The maximum absolute atomic E-state index is 12.1. The summed E-state index contributed by atoms with van der Waals surface area (Å²) in [5.41, 5.74) is -0.516. The van der Waals surface area contributed by atoms with Crippen molar-refractivity contribution in [3.8, 4) is 0 Å². The van der Waals surface area contributed by atoms with Crippen LogP contribution in [-0.2, 0) is 14.3 Å². The Labute approximate surface area is 120 Å². The van der Waals surface area contributed by atoms with Gasteiger partial charge in [0.1, 0.15) is 5.78 Å². The zero-order valence-electron chi connectivity index (χ0n) is 12.3. The molecule has 0 aromatic heterocycles. The normalized spacial score (nSPS) is 33.9. The van der Waals surface area contributed by atoms with E-state index in [1.165, 1.54) is 25.7 Å². The van der Waals surface area contributed by atoms with E-state index < -0.39 is 5.41 Å². The molecule has 0 aromatic rings. The minimum Gasteiger partial charge on any atom is -0.465 e. The van der Waals surface area contributed by atoms with E-state index in [1.54, 1.807) is 0 Å². The Hall–Kier alpha value is -1.12. The van der Waals surface area contributed by atoms with Gasteiger partial charge >= 0.3 is 5.97 Å². The van der Waals surface area contributed by atoms with Gasteiger partial charge in [0.05, 0.1) is 18.4 Å². The fraction of sp³-hybridized carbons (Fsp3) is 0.765. The largest absolute Gasteiger partial charge is 0.465 e. The first-order valence-electron chi connectivity index (χ1n) is 8.00. The van der Waals surface area contributed by atoms with Crippen molar-refractivity contribution in [1.82, 2.24) is 0 Å². The minimum atomic E-state index is -0.516. The number of ether oxygens (including phenoxy) is 1. The van der Waals surface area contributed by atoms with Crippen molar-refractivity contribution in [3.05, 3.63) is 12.2 Å². The number of hydrogen-bond acceptors (Lipinski definition) is 3. The van der Waals surface area contributed by atoms with E-state index in [-0.39, 0.29) is 24.1 Å². The molecule has 0 saturated heterocycles. The average molecular weight is 276 g/mol. The maximum atomic E-state index is 12.1. The quantitative estimate of drug-likeness (QED) is 0.571. The summed E-state index contributed by atoms with van der Waals surface area (Å²) < 4.78 is 5.45. The Morgan fingerprint density at radius 1 is 1.40 bits per heavy atom. The first-order chi connectivity index (χ1) is 9.61. The van der Waals surface area contributed by atoms with E-state index in [0.29, 0.717) is 18.4 Å². The summed E-state index contributed by atoms with van der Waals surface area (Å²) in [5.74, 6) is 1.27. The predicted octanol–water partition coefficient (Wildman–Crippen LogP) is 3.28. The van der Waals surface area contributed by atoms with Gasteiger partial charge in [0.25, 0.3) is 0 Å². The predicted molar refractivity (Wildman–Crippen MR) is 76.0 cm³/mol. The van der Waals surface area contributed by atoms with Crippen LogP contribution >= 0.6 is 0 Å². The van der Waals surface area contributed by atoms with Gasteiger partial charge in [-0.1, -0.05) is 44.8 Å². The molecule has 3 unspecified atom stereocenters. The van der Waals surface area contributed by atoms with Crippen LogP contribution < -0.4 is 0 Å². The summed E-state index contributed by atoms with van der Waals surface area (Å²) in [6, 6.07) is 0. The molecule has 0 N–H and O–H groups in total. The second-order valence-corrected chi connectivity index (χ2v) is 6.91. The van der Waals surface area contributed by atoms with Gasteiger partial charge in [-0.3, -0.25) is 9.59 Å². The molecule has 20 heavy (non-hydrogen) atoms. The van der Waals surface area contributed by atoms with Crippen LogP contribution in [0.5, 0.6) is 0 Å². The van der Waals surface area contributed by atoms with E-state index in [4.69, 9.17) is 4.74 Å². The van der Waals surface area contributed by atoms with Gasteiger partial charge in [-0.05, 0) is 24.7 Å². The molecule has 3 atom stereocenters. The minimum absolute atomic E-state index is 0.0696. The molecule has 2 fully saturated rings. The molecular formula is C17H24O3. The van der Waals surface area contributed by atoms with Crippen molar-refractivity contribution in [2.45, 2.75) is 51.9 Å². The fourth-order valence-corrected chi connectivity index (χ4v) is 4.12. The third kappa shape index (κ3) is 2.43. The molecule has 3 nitrogen and oxygen atoms in total. The molecule has 0 aliphatic heterocycles. The Morgan fingerprint density at radius 2 is 2.15 bits per heavy atom. The smallest absolute Gasteiger partial charge is 0.307 e. The van der Waals surface area contributed by atoms with Crippen molar-refractivity contribution in [3.63, 3.8) is 0 Å². The number of Topliss-reactive ketones (excluding diaryl/α,β-unsaturated/α-hetero) is 1. The highest BCUT2D eigenvalue weighted by Crippen LogP contribution is 2.48. The van der Waals surface area contributed by atoms with E-state index in [2.05, 4.69) is 6.92 Å². The zero-order valence-corrected chi connectivity index (χ0v) is 12.3. The van der Waals surface area contributed by atoms with Crippen LogP contribution in [0.4, 0.5) is 0 Å². The topological polar surface area (TPSA) is 43.4 Å². The second kappa shape index (κ2) is 5.34.